The van der Waals surface area contributed by atoms with Gasteiger partial charge in [-0.25, -0.2) is 4.99 Å². The first-order valence-corrected chi connectivity index (χ1v) is 9.87. The summed E-state index contributed by atoms with van der Waals surface area (Å²) in [5.74, 6) is 1.46. The van der Waals surface area contributed by atoms with Gasteiger partial charge in [0.25, 0.3) is 5.91 Å². The van der Waals surface area contributed by atoms with Gasteiger partial charge in [-0.1, -0.05) is 24.3 Å². The molecule has 31 heavy (non-hydrogen) atoms. The number of hydrogen-bond acceptors (Lipinski definition) is 6. The van der Waals surface area contributed by atoms with Crippen LogP contribution in [0.1, 0.15) is 23.0 Å². The van der Waals surface area contributed by atoms with Crippen LogP contribution in [0.25, 0.3) is 11.0 Å². The van der Waals surface area contributed by atoms with Crippen LogP contribution in [0.5, 0.6) is 11.5 Å². The molecule has 0 bridgehead atoms. The number of nitrogens with zero attached hydrogens (tertiary/aromatic N) is 1. The molecule has 2 heterocycles. The minimum atomic E-state index is -0.336. The zero-order chi connectivity index (χ0) is 21.6. The number of hydrogen-bond donors (Lipinski definition) is 1. The molecule has 1 amide bonds. The van der Waals surface area contributed by atoms with Crippen LogP contribution < -0.4 is 20.3 Å². The minimum absolute atomic E-state index is 0.154. The average molecular weight is 418 g/mol. The van der Waals surface area contributed by atoms with Crippen molar-refractivity contribution in [2.75, 3.05) is 13.7 Å². The monoisotopic (exact) mass is 418 g/mol. The maximum Gasteiger partial charge on any atom is 0.257 e. The number of amides is 1. The summed E-state index contributed by atoms with van der Waals surface area (Å²) in [4.78, 5) is 17.6. The molecule has 0 spiro atoms. The van der Waals surface area contributed by atoms with Crippen LogP contribution in [-0.2, 0) is 6.54 Å². The fourth-order valence-corrected chi connectivity index (χ4v) is 3.14. The van der Waals surface area contributed by atoms with Gasteiger partial charge in [0.2, 0.25) is 5.55 Å². The van der Waals surface area contributed by atoms with Crippen LogP contribution in [0, 0.1) is 0 Å². The van der Waals surface area contributed by atoms with E-state index in [0.717, 1.165) is 5.39 Å². The molecule has 7 nitrogen and oxygen atoms in total. The molecule has 0 radical (unpaired) electrons. The fourth-order valence-electron chi connectivity index (χ4n) is 3.14. The van der Waals surface area contributed by atoms with Crippen LogP contribution in [0.4, 0.5) is 5.69 Å². The van der Waals surface area contributed by atoms with Crippen molar-refractivity contribution in [3.05, 3.63) is 83.8 Å². The Balaban J connectivity index is 1.84. The first-order valence-electron chi connectivity index (χ1n) is 9.87. The van der Waals surface area contributed by atoms with E-state index in [1.165, 1.54) is 0 Å². The minimum Gasteiger partial charge on any atom is -0.493 e. The number of methoxy groups -OCH3 is 1. The summed E-state index contributed by atoms with van der Waals surface area (Å²) >= 11 is 0. The van der Waals surface area contributed by atoms with E-state index < -0.39 is 0 Å². The number of benzene rings is 2. The topological polar surface area (TPSA) is 86.2 Å². The summed E-state index contributed by atoms with van der Waals surface area (Å²) in [6, 6.07) is 18.1. The van der Waals surface area contributed by atoms with Crippen molar-refractivity contribution in [1.82, 2.24) is 5.32 Å². The molecule has 7 heteroatoms. The third-order valence-corrected chi connectivity index (χ3v) is 4.59. The molecule has 0 aliphatic rings. The lowest BCUT2D eigenvalue weighted by atomic mass is 10.1. The average Bonchev–Trinajstić information content (AvgIpc) is 3.32. The van der Waals surface area contributed by atoms with Gasteiger partial charge in [-0.2, -0.15) is 0 Å². The summed E-state index contributed by atoms with van der Waals surface area (Å²) in [7, 11) is 1.56. The first kappa shape index (κ1) is 20.3. The van der Waals surface area contributed by atoms with E-state index in [4.69, 9.17) is 18.3 Å². The molecule has 4 aromatic rings. The van der Waals surface area contributed by atoms with Crippen molar-refractivity contribution in [3.63, 3.8) is 0 Å². The number of carbonyl (C=O) groups is 1. The number of rotatable bonds is 7. The Morgan fingerprint density at radius 3 is 2.68 bits per heavy atom. The zero-order valence-corrected chi connectivity index (χ0v) is 17.3. The third-order valence-electron chi connectivity index (χ3n) is 4.59. The predicted molar refractivity (Wildman–Crippen MR) is 115 cm³/mol. The Bertz CT molecular complexity index is 1260. The maximum atomic E-state index is 13.0. The van der Waals surface area contributed by atoms with E-state index >= 15 is 0 Å². The lowest BCUT2D eigenvalue weighted by molar-refractivity contribution is 0.0944. The second kappa shape index (κ2) is 9.21. The van der Waals surface area contributed by atoms with Gasteiger partial charge in [-0.05, 0) is 43.3 Å². The maximum absolute atomic E-state index is 13.0. The van der Waals surface area contributed by atoms with Gasteiger partial charge in [-0.3, -0.25) is 4.79 Å². The molecular formula is C24H22N2O5. The van der Waals surface area contributed by atoms with Crippen molar-refractivity contribution in [3.8, 4) is 11.5 Å². The largest absolute Gasteiger partial charge is 0.493 e. The second-order valence-electron chi connectivity index (χ2n) is 6.62. The molecular weight excluding hydrogens is 396 g/mol. The molecule has 2 aromatic carbocycles. The molecule has 4 rings (SSSR count). The van der Waals surface area contributed by atoms with E-state index in [0.29, 0.717) is 40.7 Å². The number of fused-ring (bicyclic) bond motifs is 1. The SMILES string of the molecule is CCOc1ccccc1N=c1oc2c(OC)cccc2cc1C(=O)NCc1ccco1. The molecule has 0 saturated carbocycles. The summed E-state index contributed by atoms with van der Waals surface area (Å²) in [6.07, 6.45) is 1.56. The lowest BCUT2D eigenvalue weighted by Crippen LogP contribution is -2.28. The summed E-state index contributed by atoms with van der Waals surface area (Å²) in [5.41, 5.74) is 1.50. The fraction of sp³-hybridized carbons (Fsp3) is 0.167. The number of carbonyl (C=O) groups excluding carboxylic acids is 1. The smallest absolute Gasteiger partial charge is 0.257 e. The molecule has 0 aliphatic heterocycles. The molecule has 0 aliphatic carbocycles. The highest BCUT2D eigenvalue weighted by Crippen LogP contribution is 2.28. The number of nitrogens with one attached hydrogen (secondary N) is 1. The molecule has 1 N–H and O–H groups in total. The molecule has 2 aromatic heterocycles. The normalized spacial score (nSPS) is 11.5. The van der Waals surface area contributed by atoms with Crippen molar-refractivity contribution in [2.45, 2.75) is 13.5 Å². The van der Waals surface area contributed by atoms with E-state index in [1.54, 1.807) is 43.7 Å². The highest BCUT2D eigenvalue weighted by atomic mass is 16.5. The van der Waals surface area contributed by atoms with Crippen LogP contribution >= 0.6 is 0 Å². The summed E-state index contributed by atoms with van der Waals surface area (Å²) in [5, 5.41) is 3.57. The lowest BCUT2D eigenvalue weighted by Gasteiger charge is -2.09. The first-order chi connectivity index (χ1) is 15.2. The molecule has 0 atom stereocenters. The Kier molecular flexibility index (Phi) is 6.03. The molecule has 158 valence electrons. The standard InChI is InChI=1S/C24H22N2O5/c1-3-29-20-11-5-4-10-19(20)26-24-18(23(27)25-15-17-9-7-13-30-17)14-16-8-6-12-21(28-2)22(16)31-24/h4-14H,3,15H2,1-2H3,(H,25,27). The Morgan fingerprint density at radius 2 is 1.90 bits per heavy atom. The van der Waals surface area contributed by atoms with Crippen molar-refractivity contribution in [2.24, 2.45) is 4.99 Å². The molecule has 0 fully saturated rings. The zero-order valence-electron chi connectivity index (χ0n) is 17.3. The van der Waals surface area contributed by atoms with E-state index in [-0.39, 0.29) is 18.0 Å². The third kappa shape index (κ3) is 4.45. The Hall–Kier alpha value is -4.00. The highest BCUT2D eigenvalue weighted by molar-refractivity contribution is 5.97. The predicted octanol–water partition coefficient (Wildman–Crippen LogP) is 4.60. The second-order valence-corrected chi connectivity index (χ2v) is 6.62. The van der Waals surface area contributed by atoms with Crippen molar-refractivity contribution < 1.29 is 23.1 Å². The number of furan rings is 1. The van der Waals surface area contributed by atoms with E-state index in [1.807, 2.05) is 37.3 Å². The number of para-hydroxylation sites is 3. The van der Waals surface area contributed by atoms with Gasteiger partial charge in [-0.15, -0.1) is 0 Å². The van der Waals surface area contributed by atoms with Gasteiger partial charge in [0.05, 0.1) is 26.5 Å². The van der Waals surface area contributed by atoms with Crippen LogP contribution in [0.15, 0.2) is 80.8 Å². The molecule has 0 unspecified atom stereocenters. The van der Waals surface area contributed by atoms with Gasteiger partial charge >= 0.3 is 0 Å². The Morgan fingerprint density at radius 1 is 1.06 bits per heavy atom. The van der Waals surface area contributed by atoms with Gasteiger partial charge < -0.3 is 23.6 Å². The highest BCUT2D eigenvalue weighted by Gasteiger charge is 2.15. The quantitative estimate of drug-likeness (QED) is 0.474. The van der Waals surface area contributed by atoms with Crippen LogP contribution in [0.3, 0.4) is 0 Å². The summed E-state index contributed by atoms with van der Waals surface area (Å²) < 4.78 is 22.5. The number of ether oxygens (including phenoxy) is 2. The van der Waals surface area contributed by atoms with Gasteiger partial charge in [0.1, 0.15) is 22.8 Å². The van der Waals surface area contributed by atoms with Gasteiger partial charge in [0.15, 0.2) is 11.3 Å². The van der Waals surface area contributed by atoms with Crippen molar-refractivity contribution >= 4 is 22.6 Å². The summed E-state index contributed by atoms with van der Waals surface area (Å²) in [6.45, 7) is 2.64. The Labute approximate surface area is 178 Å². The van der Waals surface area contributed by atoms with E-state index in [2.05, 4.69) is 10.3 Å². The van der Waals surface area contributed by atoms with Crippen LogP contribution in [-0.4, -0.2) is 19.6 Å². The van der Waals surface area contributed by atoms with Gasteiger partial charge in [0, 0.05) is 5.39 Å². The van der Waals surface area contributed by atoms with Crippen molar-refractivity contribution in [1.29, 1.82) is 0 Å². The van der Waals surface area contributed by atoms with Crippen LogP contribution in [0.2, 0.25) is 0 Å². The molecule has 0 saturated heterocycles. The van der Waals surface area contributed by atoms with E-state index in [9.17, 15) is 4.79 Å².